The van der Waals surface area contributed by atoms with Crippen LogP contribution in [0.5, 0.6) is 23.0 Å². The molecule has 0 aliphatic heterocycles. The zero-order chi connectivity index (χ0) is 18.7. The van der Waals surface area contributed by atoms with Crippen LogP contribution in [0.1, 0.15) is 16.2 Å². The Labute approximate surface area is 149 Å². The predicted molar refractivity (Wildman–Crippen MR) is 92.5 cm³/mol. The molecular formula is C19H14N2O5. The number of rotatable bonds is 4. The van der Waals surface area contributed by atoms with E-state index in [1.165, 1.54) is 7.11 Å². The third-order valence-electron chi connectivity index (χ3n) is 3.72. The first kappa shape index (κ1) is 17.0. The number of pyridine rings is 1. The fourth-order valence-corrected chi connectivity index (χ4v) is 2.52. The minimum absolute atomic E-state index is 0.0586. The van der Waals surface area contributed by atoms with Gasteiger partial charge in [0.15, 0.2) is 17.1 Å². The van der Waals surface area contributed by atoms with Crippen molar-refractivity contribution >= 4 is 16.7 Å². The molecule has 3 rings (SSSR count). The van der Waals surface area contributed by atoms with Gasteiger partial charge in [-0.3, -0.25) is 0 Å². The molecule has 3 aromatic rings. The highest BCUT2D eigenvalue weighted by Gasteiger charge is 2.22. The van der Waals surface area contributed by atoms with E-state index in [0.717, 1.165) is 0 Å². The lowest BCUT2D eigenvalue weighted by Gasteiger charge is -2.13. The summed E-state index contributed by atoms with van der Waals surface area (Å²) in [6.45, 7) is 0. The summed E-state index contributed by atoms with van der Waals surface area (Å²) in [5.41, 5.74) is -0.383. The molecule has 1 N–H and O–H groups in total. The maximum Gasteiger partial charge on any atom is 0.360 e. The number of aromatic nitrogens is 1. The van der Waals surface area contributed by atoms with Gasteiger partial charge in [0.2, 0.25) is 0 Å². The first-order valence-electron chi connectivity index (χ1n) is 7.55. The van der Waals surface area contributed by atoms with Gasteiger partial charge in [-0.25, -0.2) is 9.78 Å². The van der Waals surface area contributed by atoms with Crippen LogP contribution in [0.2, 0.25) is 0 Å². The highest BCUT2D eigenvalue weighted by atomic mass is 16.5. The van der Waals surface area contributed by atoms with E-state index in [4.69, 9.17) is 9.47 Å². The van der Waals surface area contributed by atoms with Gasteiger partial charge in [-0.05, 0) is 18.2 Å². The summed E-state index contributed by atoms with van der Waals surface area (Å²) in [5, 5.41) is 20.4. The molecule has 7 nitrogen and oxygen atoms in total. The normalized spacial score (nSPS) is 10.2. The molecule has 0 saturated carbocycles. The van der Waals surface area contributed by atoms with Gasteiger partial charge in [-0.2, -0.15) is 5.26 Å². The van der Waals surface area contributed by atoms with Crippen LogP contribution >= 0.6 is 0 Å². The number of esters is 1. The van der Waals surface area contributed by atoms with Gasteiger partial charge in [-0.1, -0.05) is 18.2 Å². The zero-order valence-electron chi connectivity index (χ0n) is 14.0. The molecule has 0 bridgehead atoms. The van der Waals surface area contributed by atoms with Crippen molar-refractivity contribution in [3.8, 4) is 29.1 Å². The van der Waals surface area contributed by atoms with Gasteiger partial charge in [0.1, 0.15) is 23.3 Å². The average Bonchev–Trinajstić information content (AvgIpc) is 2.68. The van der Waals surface area contributed by atoms with Crippen molar-refractivity contribution in [3.63, 3.8) is 0 Å². The van der Waals surface area contributed by atoms with Gasteiger partial charge in [0, 0.05) is 11.5 Å². The predicted octanol–water partition coefficient (Wildman–Crippen LogP) is 3.40. The van der Waals surface area contributed by atoms with Crippen LogP contribution in [-0.2, 0) is 4.74 Å². The van der Waals surface area contributed by atoms with Crippen LogP contribution in [0.3, 0.4) is 0 Å². The molecule has 0 aliphatic rings. The summed E-state index contributed by atoms with van der Waals surface area (Å²) >= 11 is 0. The highest BCUT2D eigenvalue weighted by Crippen LogP contribution is 2.38. The number of carbonyl (C=O) groups excluding carboxylic acids is 1. The van der Waals surface area contributed by atoms with Crippen LogP contribution in [-0.4, -0.2) is 30.3 Å². The maximum absolute atomic E-state index is 11.8. The number of nitrogens with zero attached hydrogens (tertiary/aromatic N) is 2. The van der Waals surface area contributed by atoms with Gasteiger partial charge in [-0.15, -0.1) is 0 Å². The van der Waals surface area contributed by atoms with Crippen LogP contribution in [0.25, 0.3) is 10.8 Å². The summed E-state index contributed by atoms with van der Waals surface area (Å²) in [4.78, 5) is 15.7. The molecule has 1 heterocycles. The molecular weight excluding hydrogens is 336 g/mol. The number of methoxy groups -OCH3 is 2. The molecule has 0 saturated heterocycles. The molecule has 0 spiro atoms. The lowest BCUT2D eigenvalue weighted by atomic mass is 10.1. The Morgan fingerprint density at radius 2 is 1.88 bits per heavy atom. The number of nitriles is 1. The molecule has 2 aromatic carbocycles. The Kier molecular flexibility index (Phi) is 4.58. The van der Waals surface area contributed by atoms with Crippen LogP contribution in [0, 0.1) is 11.3 Å². The van der Waals surface area contributed by atoms with Crippen molar-refractivity contribution in [2.75, 3.05) is 14.2 Å². The van der Waals surface area contributed by atoms with Crippen LogP contribution < -0.4 is 9.47 Å². The largest absolute Gasteiger partial charge is 0.505 e. The Hall–Kier alpha value is -3.79. The lowest BCUT2D eigenvalue weighted by Crippen LogP contribution is -2.07. The van der Waals surface area contributed by atoms with Gasteiger partial charge in [0.25, 0.3) is 0 Å². The quantitative estimate of drug-likeness (QED) is 0.719. The third kappa shape index (κ3) is 2.96. The van der Waals surface area contributed by atoms with Crippen molar-refractivity contribution in [1.82, 2.24) is 4.98 Å². The van der Waals surface area contributed by atoms with Gasteiger partial charge in [0.05, 0.1) is 19.6 Å². The van der Waals surface area contributed by atoms with E-state index in [0.29, 0.717) is 22.6 Å². The standard InChI is InChI=1S/C19H14N2O5/c1-24-11-5-3-6-12(9-11)26-15-8-4-7-13-16(15)14(10-20)21-17(18(13)22)19(23)25-2/h3-9,22H,1-2H3. The van der Waals surface area contributed by atoms with Gasteiger partial charge < -0.3 is 19.3 Å². The fourth-order valence-electron chi connectivity index (χ4n) is 2.52. The molecule has 0 radical (unpaired) electrons. The zero-order valence-corrected chi connectivity index (χ0v) is 14.0. The number of carbonyl (C=O) groups is 1. The Morgan fingerprint density at radius 3 is 2.58 bits per heavy atom. The number of ether oxygens (including phenoxy) is 3. The number of hydrogen-bond donors (Lipinski definition) is 1. The van der Waals surface area contributed by atoms with Crippen molar-refractivity contribution in [1.29, 1.82) is 5.26 Å². The van der Waals surface area contributed by atoms with E-state index in [1.807, 2.05) is 6.07 Å². The number of hydrogen-bond acceptors (Lipinski definition) is 7. The van der Waals surface area contributed by atoms with E-state index < -0.39 is 5.97 Å². The molecule has 0 aliphatic carbocycles. The van der Waals surface area contributed by atoms with Crippen LogP contribution in [0.15, 0.2) is 42.5 Å². The Balaban J connectivity index is 2.20. The van der Waals surface area contributed by atoms with E-state index in [9.17, 15) is 15.2 Å². The first-order valence-corrected chi connectivity index (χ1v) is 7.55. The molecule has 0 atom stereocenters. The molecule has 0 unspecified atom stereocenters. The molecule has 1 aromatic heterocycles. The second-order valence-electron chi connectivity index (χ2n) is 5.22. The molecule has 130 valence electrons. The summed E-state index contributed by atoms with van der Waals surface area (Å²) < 4.78 is 15.6. The molecule has 0 amide bonds. The van der Waals surface area contributed by atoms with Crippen molar-refractivity contribution in [2.24, 2.45) is 0 Å². The maximum atomic E-state index is 11.8. The Bertz CT molecular complexity index is 1040. The molecule has 0 fully saturated rings. The summed E-state index contributed by atoms with van der Waals surface area (Å²) in [6.07, 6.45) is 0. The van der Waals surface area contributed by atoms with E-state index in [2.05, 4.69) is 9.72 Å². The van der Waals surface area contributed by atoms with E-state index in [-0.39, 0.29) is 22.5 Å². The topological polar surface area (TPSA) is 102 Å². The summed E-state index contributed by atoms with van der Waals surface area (Å²) in [5.74, 6) is 0.197. The average molecular weight is 350 g/mol. The third-order valence-corrected chi connectivity index (χ3v) is 3.72. The molecule has 26 heavy (non-hydrogen) atoms. The van der Waals surface area contributed by atoms with E-state index >= 15 is 0 Å². The van der Waals surface area contributed by atoms with Crippen molar-refractivity contribution in [2.45, 2.75) is 0 Å². The first-order chi connectivity index (χ1) is 12.6. The summed E-state index contributed by atoms with van der Waals surface area (Å²) in [6, 6.07) is 13.7. The van der Waals surface area contributed by atoms with Crippen molar-refractivity contribution < 1.29 is 24.1 Å². The van der Waals surface area contributed by atoms with Crippen molar-refractivity contribution in [3.05, 3.63) is 53.9 Å². The fraction of sp³-hybridized carbons (Fsp3) is 0.105. The second kappa shape index (κ2) is 6.99. The molecule has 7 heteroatoms. The number of fused-ring (bicyclic) bond motifs is 1. The minimum Gasteiger partial charge on any atom is -0.505 e. The summed E-state index contributed by atoms with van der Waals surface area (Å²) in [7, 11) is 2.71. The smallest absolute Gasteiger partial charge is 0.360 e. The minimum atomic E-state index is -0.833. The lowest BCUT2D eigenvalue weighted by molar-refractivity contribution is 0.0590. The number of aromatic hydroxyl groups is 1. The van der Waals surface area contributed by atoms with Gasteiger partial charge >= 0.3 is 5.97 Å². The van der Waals surface area contributed by atoms with E-state index in [1.54, 1.807) is 49.6 Å². The monoisotopic (exact) mass is 350 g/mol. The Morgan fingerprint density at radius 1 is 1.15 bits per heavy atom. The SMILES string of the molecule is COC(=O)c1nc(C#N)c2c(Oc3cccc(OC)c3)cccc2c1O. The second-order valence-corrected chi connectivity index (χ2v) is 5.22. The highest BCUT2D eigenvalue weighted by molar-refractivity contribution is 6.03. The van der Waals surface area contributed by atoms with Crippen LogP contribution in [0.4, 0.5) is 0 Å². The number of benzene rings is 2.